The van der Waals surface area contributed by atoms with Crippen LogP contribution < -0.4 is 0 Å². The van der Waals surface area contributed by atoms with Crippen LogP contribution in [0.4, 0.5) is 0 Å². The summed E-state index contributed by atoms with van der Waals surface area (Å²) in [6, 6.07) is -0.892. The highest BCUT2D eigenvalue weighted by molar-refractivity contribution is 5.87. The van der Waals surface area contributed by atoms with Crippen LogP contribution in [-0.2, 0) is 9.59 Å². The minimum atomic E-state index is -0.934. The molecule has 2 unspecified atom stereocenters. The number of likely N-dealkylation sites (N-methyl/N-ethyl adjacent to an activating group) is 2. The Kier molecular flexibility index (Phi) is 4.51. The van der Waals surface area contributed by atoms with Gasteiger partial charge in [0.05, 0.1) is 6.04 Å². The first-order valence-corrected chi connectivity index (χ1v) is 6.06. The van der Waals surface area contributed by atoms with Gasteiger partial charge in [-0.15, -0.1) is 0 Å². The Morgan fingerprint density at radius 1 is 1.41 bits per heavy atom. The third-order valence-corrected chi connectivity index (χ3v) is 3.45. The number of aliphatic carboxylic acids is 1. The molecule has 5 heteroatoms. The summed E-state index contributed by atoms with van der Waals surface area (Å²) in [4.78, 5) is 26.8. The first-order chi connectivity index (χ1) is 7.86. The Balaban J connectivity index is 2.76. The van der Waals surface area contributed by atoms with Crippen molar-refractivity contribution in [1.82, 2.24) is 9.80 Å². The molecular weight excluding hydrogens is 220 g/mol. The quantitative estimate of drug-likeness (QED) is 0.786. The highest BCUT2D eigenvalue weighted by Crippen LogP contribution is 2.19. The lowest BCUT2D eigenvalue weighted by Crippen LogP contribution is -2.51. The van der Waals surface area contributed by atoms with Crippen molar-refractivity contribution in [2.75, 3.05) is 20.6 Å². The molecule has 0 saturated carbocycles. The average molecular weight is 242 g/mol. The van der Waals surface area contributed by atoms with Crippen molar-refractivity contribution in [3.05, 3.63) is 0 Å². The molecule has 0 aromatic rings. The summed E-state index contributed by atoms with van der Waals surface area (Å²) >= 11 is 0. The fourth-order valence-electron chi connectivity index (χ4n) is 2.49. The van der Waals surface area contributed by atoms with Crippen LogP contribution in [0.5, 0.6) is 0 Å². The van der Waals surface area contributed by atoms with Gasteiger partial charge in [0, 0.05) is 7.05 Å². The van der Waals surface area contributed by atoms with Gasteiger partial charge in [-0.1, -0.05) is 13.8 Å². The third-order valence-electron chi connectivity index (χ3n) is 3.45. The molecule has 1 fully saturated rings. The van der Waals surface area contributed by atoms with Crippen LogP contribution >= 0.6 is 0 Å². The number of carboxylic acids is 1. The Bertz CT molecular complexity index is 304. The average Bonchev–Trinajstić information content (AvgIpc) is 2.62. The maximum atomic E-state index is 12.2. The summed E-state index contributed by atoms with van der Waals surface area (Å²) in [6.45, 7) is 4.55. The molecule has 1 aliphatic heterocycles. The summed E-state index contributed by atoms with van der Waals surface area (Å²) in [6.07, 6.45) is 1.82. The predicted octanol–water partition coefficient (Wildman–Crippen LogP) is 0.648. The lowest BCUT2D eigenvalue weighted by atomic mass is 10.0. The van der Waals surface area contributed by atoms with Gasteiger partial charge >= 0.3 is 5.97 Å². The van der Waals surface area contributed by atoms with Crippen molar-refractivity contribution in [3.63, 3.8) is 0 Å². The van der Waals surface area contributed by atoms with Gasteiger partial charge in [0.2, 0.25) is 5.91 Å². The number of amides is 1. The molecule has 0 aliphatic carbocycles. The minimum absolute atomic E-state index is 0.0777. The smallest absolute Gasteiger partial charge is 0.326 e. The normalized spacial score (nSPS) is 22.8. The van der Waals surface area contributed by atoms with Crippen LogP contribution in [-0.4, -0.2) is 59.5 Å². The molecule has 0 aromatic heterocycles. The van der Waals surface area contributed by atoms with E-state index in [1.807, 2.05) is 25.8 Å². The van der Waals surface area contributed by atoms with Crippen LogP contribution in [0.2, 0.25) is 0 Å². The molecule has 5 nitrogen and oxygen atoms in total. The minimum Gasteiger partial charge on any atom is -0.480 e. The molecule has 1 rings (SSSR count). The first kappa shape index (κ1) is 14.0. The Morgan fingerprint density at radius 2 is 2.00 bits per heavy atom. The molecule has 0 bridgehead atoms. The van der Waals surface area contributed by atoms with E-state index in [9.17, 15) is 9.59 Å². The second-order valence-electron chi connectivity index (χ2n) is 5.11. The van der Waals surface area contributed by atoms with Gasteiger partial charge in [0.15, 0.2) is 0 Å². The van der Waals surface area contributed by atoms with E-state index in [1.165, 1.54) is 4.90 Å². The van der Waals surface area contributed by atoms with Gasteiger partial charge in [-0.2, -0.15) is 0 Å². The molecule has 0 spiro atoms. The van der Waals surface area contributed by atoms with E-state index < -0.39 is 12.0 Å². The van der Waals surface area contributed by atoms with Crippen LogP contribution in [0.15, 0.2) is 0 Å². The Labute approximate surface area is 102 Å². The molecule has 0 aromatic carbocycles. The van der Waals surface area contributed by atoms with Crippen LogP contribution in [0.3, 0.4) is 0 Å². The second-order valence-corrected chi connectivity index (χ2v) is 5.11. The topological polar surface area (TPSA) is 60.9 Å². The molecule has 1 amide bonds. The zero-order valence-corrected chi connectivity index (χ0v) is 11.0. The zero-order chi connectivity index (χ0) is 13.2. The first-order valence-electron chi connectivity index (χ1n) is 6.06. The molecule has 0 radical (unpaired) electrons. The summed E-state index contributed by atoms with van der Waals surface area (Å²) < 4.78 is 0. The fraction of sp³-hybridized carbons (Fsp3) is 0.833. The highest BCUT2D eigenvalue weighted by Gasteiger charge is 2.36. The maximum Gasteiger partial charge on any atom is 0.326 e. The third kappa shape index (κ3) is 2.97. The summed E-state index contributed by atoms with van der Waals surface area (Å²) in [7, 11) is 3.50. The van der Waals surface area contributed by atoms with E-state index >= 15 is 0 Å². The van der Waals surface area contributed by atoms with Crippen LogP contribution in [0.25, 0.3) is 0 Å². The second kappa shape index (κ2) is 5.49. The molecule has 1 saturated heterocycles. The van der Waals surface area contributed by atoms with Crippen molar-refractivity contribution in [2.24, 2.45) is 5.92 Å². The number of nitrogens with zero attached hydrogens (tertiary/aromatic N) is 2. The van der Waals surface area contributed by atoms with Gasteiger partial charge in [-0.25, -0.2) is 4.79 Å². The Hall–Kier alpha value is -1.10. The molecule has 1 N–H and O–H groups in total. The number of carbonyl (C=O) groups is 2. The fourth-order valence-corrected chi connectivity index (χ4v) is 2.49. The van der Waals surface area contributed by atoms with Crippen LogP contribution in [0, 0.1) is 5.92 Å². The number of rotatable bonds is 4. The van der Waals surface area contributed by atoms with Crippen molar-refractivity contribution in [1.29, 1.82) is 0 Å². The Morgan fingerprint density at radius 3 is 2.35 bits per heavy atom. The van der Waals surface area contributed by atoms with Gasteiger partial charge in [-0.3, -0.25) is 9.69 Å². The summed E-state index contributed by atoms with van der Waals surface area (Å²) in [5.74, 6) is -1.10. The van der Waals surface area contributed by atoms with Crippen molar-refractivity contribution < 1.29 is 14.7 Å². The predicted molar refractivity (Wildman–Crippen MR) is 64.7 cm³/mol. The van der Waals surface area contributed by atoms with Crippen molar-refractivity contribution in [2.45, 2.75) is 38.8 Å². The number of likely N-dealkylation sites (tertiary alicyclic amines) is 1. The monoisotopic (exact) mass is 242 g/mol. The molecule has 2 atom stereocenters. The number of carbonyl (C=O) groups excluding carboxylic acids is 1. The van der Waals surface area contributed by atoms with Gasteiger partial charge in [-0.05, 0) is 32.4 Å². The molecule has 1 heterocycles. The van der Waals surface area contributed by atoms with Gasteiger partial charge in [0.25, 0.3) is 0 Å². The van der Waals surface area contributed by atoms with E-state index in [0.717, 1.165) is 19.4 Å². The van der Waals surface area contributed by atoms with E-state index in [1.54, 1.807) is 7.05 Å². The van der Waals surface area contributed by atoms with Gasteiger partial charge < -0.3 is 10.0 Å². The van der Waals surface area contributed by atoms with E-state index in [4.69, 9.17) is 5.11 Å². The maximum absolute atomic E-state index is 12.2. The standard InChI is InChI=1S/C12H22N2O3/c1-8(2)10(12(16)17)14(4)11(15)9-6-5-7-13(9)3/h8-10H,5-7H2,1-4H3,(H,16,17). The number of hydrogen-bond donors (Lipinski definition) is 1. The van der Waals surface area contributed by atoms with Crippen LogP contribution in [0.1, 0.15) is 26.7 Å². The molecular formula is C12H22N2O3. The number of hydrogen-bond acceptors (Lipinski definition) is 3. The lowest BCUT2D eigenvalue weighted by molar-refractivity contribution is -0.152. The SMILES string of the molecule is CC(C)C(C(=O)O)N(C)C(=O)C1CCCN1C. The summed E-state index contributed by atoms with van der Waals surface area (Å²) in [5.41, 5.74) is 0. The molecule has 98 valence electrons. The van der Waals surface area contributed by atoms with E-state index in [-0.39, 0.29) is 17.9 Å². The number of carboxylic acid groups (broad SMARTS) is 1. The molecule has 1 aliphatic rings. The largest absolute Gasteiger partial charge is 0.480 e. The zero-order valence-electron chi connectivity index (χ0n) is 11.0. The van der Waals surface area contributed by atoms with Gasteiger partial charge in [0.1, 0.15) is 6.04 Å². The van der Waals surface area contributed by atoms with E-state index in [2.05, 4.69) is 0 Å². The van der Waals surface area contributed by atoms with Crippen molar-refractivity contribution >= 4 is 11.9 Å². The van der Waals surface area contributed by atoms with Crippen molar-refractivity contribution in [3.8, 4) is 0 Å². The van der Waals surface area contributed by atoms with E-state index in [0.29, 0.717) is 0 Å². The lowest BCUT2D eigenvalue weighted by Gasteiger charge is -2.31. The molecule has 17 heavy (non-hydrogen) atoms. The highest BCUT2D eigenvalue weighted by atomic mass is 16.4. The summed E-state index contributed by atoms with van der Waals surface area (Å²) in [5, 5.41) is 9.16.